The van der Waals surface area contributed by atoms with E-state index in [2.05, 4.69) is 20.3 Å². The molecule has 1 heterocycles. The lowest BCUT2D eigenvalue weighted by atomic mass is 10.2. The van der Waals surface area contributed by atoms with E-state index in [1.807, 2.05) is 6.92 Å². The molecule has 0 unspecified atom stereocenters. The van der Waals surface area contributed by atoms with Crippen LogP contribution >= 0.6 is 0 Å². The van der Waals surface area contributed by atoms with Crippen molar-refractivity contribution in [1.82, 2.24) is 10.5 Å². The monoisotopic (exact) mass is 213 g/mol. The van der Waals surface area contributed by atoms with E-state index in [9.17, 15) is 4.79 Å². The third kappa shape index (κ3) is 3.99. The van der Waals surface area contributed by atoms with Crippen molar-refractivity contribution in [3.63, 3.8) is 0 Å². The normalized spacial score (nSPS) is 12.1. The van der Waals surface area contributed by atoms with E-state index in [4.69, 9.17) is 5.11 Å². The minimum absolute atomic E-state index is 0.0260. The molecule has 0 saturated heterocycles. The lowest BCUT2D eigenvalue weighted by Gasteiger charge is -2.15. The van der Waals surface area contributed by atoms with Gasteiger partial charge in [-0.05, 0) is 12.8 Å². The fraction of sp³-hybridized carbons (Fsp3) is 0.556. The van der Waals surface area contributed by atoms with Crippen LogP contribution in [0.3, 0.4) is 0 Å². The molecule has 6 nitrogen and oxygen atoms in total. The molecule has 0 radical (unpaired) electrons. The van der Waals surface area contributed by atoms with Gasteiger partial charge in [0.05, 0.1) is 0 Å². The Labute approximate surface area is 87.6 Å². The summed E-state index contributed by atoms with van der Waals surface area (Å²) in [6.45, 7) is 2.00. The van der Waals surface area contributed by atoms with Gasteiger partial charge in [0.15, 0.2) is 5.82 Å². The first-order chi connectivity index (χ1) is 7.26. The number of rotatable bonds is 5. The fourth-order valence-corrected chi connectivity index (χ4v) is 1.15. The summed E-state index contributed by atoms with van der Waals surface area (Å²) in [5, 5.41) is 17.5. The van der Waals surface area contributed by atoms with Crippen molar-refractivity contribution in [3.05, 3.63) is 12.3 Å². The molecular formula is C9H15N3O3. The highest BCUT2D eigenvalue weighted by molar-refractivity contribution is 5.88. The molecule has 15 heavy (non-hydrogen) atoms. The smallest absolute Gasteiger partial charge is 0.320 e. The molecule has 1 aromatic heterocycles. The molecule has 1 atom stereocenters. The summed E-state index contributed by atoms with van der Waals surface area (Å²) in [7, 11) is 0. The van der Waals surface area contributed by atoms with E-state index >= 15 is 0 Å². The first kappa shape index (κ1) is 11.5. The Morgan fingerprint density at radius 2 is 2.53 bits per heavy atom. The Morgan fingerprint density at radius 1 is 1.73 bits per heavy atom. The van der Waals surface area contributed by atoms with Crippen LogP contribution in [-0.2, 0) is 0 Å². The second-order valence-electron chi connectivity index (χ2n) is 3.10. The molecule has 2 amide bonds. The zero-order valence-electron chi connectivity index (χ0n) is 8.56. The van der Waals surface area contributed by atoms with Crippen LogP contribution in [0.1, 0.15) is 19.8 Å². The van der Waals surface area contributed by atoms with E-state index in [0.717, 1.165) is 6.42 Å². The lowest BCUT2D eigenvalue weighted by molar-refractivity contribution is 0.237. The molecule has 6 heteroatoms. The average molecular weight is 213 g/mol. The van der Waals surface area contributed by atoms with Gasteiger partial charge in [0.1, 0.15) is 6.26 Å². The molecule has 3 N–H and O–H groups in total. The first-order valence-corrected chi connectivity index (χ1v) is 4.85. The van der Waals surface area contributed by atoms with Gasteiger partial charge < -0.3 is 14.9 Å². The topological polar surface area (TPSA) is 87.4 Å². The van der Waals surface area contributed by atoms with Crippen LogP contribution in [0, 0.1) is 0 Å². The van der Waals surface area contributed by atoms with Crippen molar-refractivity contribution in [1.29, 1.82) is 0 Å². The molecule has 0 aliphatic rings. The number of nitrogens with zero attached hydrogens (tertiary/aromatic N) is 1. The molecule has 0 bridgehead atoms. The van der Waals surface area contributed by atoms with Gasteiger partial charge in [-0.2, -0.15) is 0 Å². The summed E-state index contributed by atoms with van der Waals surface area (Å²) in [5.74, 6) is 0.367. The van der Waals surface area contributed by atoms with Gasteiger partial charge >= 0.3 is 6.03 Å². The third-order valence-electron chi connectivity index (χ3n) is 1.99. The molecule has 0 aliphatic heterocycles. The number of hydrogen-bond donors (Lipinski definition) is 3. The van der Waals surface area contributed by atoms with Gasteiger partial charge in [-0.3, -0.25) is 5.32 Å². The SMILES string of the molecule is CC[C@H](CCO)NC(=O)Nc1ccon1. The summed E-state index contributed by atoms with van der Waals surface area (Å²) in [5.41, 5.74) is 0. The first-order valence-electron chi connectivity index (χ1n) is 4.85. The fourth-order valence-electron chi connectivity index (χ4n) is 1.15. The van der Waals surface area contributed by atoms with Gasteiger partial charge in [-0.15, -0.1) is 0 Å². The van der Waals surface area contributed by atoms with Gasteiger partial charge in [0.2, 0.25) is 0 Å². The quantitative estimate of drug-likeness (QED) is 0.679. The molecule has 84 valence electrons. The van der Waals surface area contributed by atoms with Crippen molar-refractivity contribution < 1.29 is 14.4 Å². The number of aromatic nitrogens is 1. The number of amides is 2. The number of carbonyl (C=O) groups excluding carboxylic acids is 1. The van der Waals surface area contributed by atoms with Crippen LogP contribution < -0.4 is 10.6 Å². The number of nitrogens with one attached hydrogen (secondary N) is 2. The van der Waals surface area contributed by atoms with Crippen molar-refractivity contribution in [2.75, 3.05) is 11.9 Å². The maximum atomic E-state index is 11.4. The van der Waals surface area contributed by atoms with Crippen LogP contribution in [0.5, 0.6) is 0 Å². The van der Waals surface area contributed by atoms with Crippen molar-refractivity contribution >= 4 is 11.8 Å². The Bertz CT molecular complexity index is 287. The second kappa shape index (κ2) is 6.02. The van der Waals surface area contributed by atoms with Gasteiger partial charge in [-0.25, -0.2) is 4.79 Å². The lowest BCUT2D eigenvalue weighted by Crippen LogP contribution is -2.38. The third-order valence-corrected chi connectivity index (χ3v) is 1.99. The van der Waals surface area contributed by atoms with E-state index in [1.165, 1.54) is 6.26 Å². The average Bonchev–Trinajstić information content (AvgIpc) is 2.69. The number of urea groups is 1. The number of aliphatic hydroxyl groups excluding tert-OH is 1. The van der Waals surface area contributed by atoms with Crippen LogP contribution in [-0.4, -0.2) is 28.9 Å². The minimum Gasteiger partial charge on any atom is -0.396 e. The maximum Gasteiger partial charge on any atom is 0.320 e. The van der Waals surface area contributed by atoms with Crippen molar-refractivity contribution in [2.24, 2.45) is 0 Å². The number of aliphatic hydroxyl groups is 1. The van der Waals surface area contributed by atoms with Gasteiger partial charge in [-0.1, -0.05) is 12.1 Å². The van der Waals surface area contributed by atoms with E-state index < -0.39 is 0 Å². The van der Waals surface area contributed by atoms with Crippen molar-refractivity contribution in [3.8, 4) is 0 Å². The standard InChI is InChI=1S/C9H15N3O3/c1-2-7(3-5-13)10-9(14)11-8-4-6-15-12-8/h4,6-7,13H,2-3,5H2,1H3,(H2,10,11,12,14)/t7-/m1/s1. The zero-order valence-corrected chi connectivity index (χ0v) is 8.56. The summed E-state index contributed by atoms with van der Waals surface area (Å²) >= 11 is 0. The summed E-state index contributed by atoms with van der Waals surface area (Å²) in [4.78, 5) is 11.4. The number of carbonyl (C=O) groups is 1. The van der Waals surface area contributed by atoms with Crippen LogP contribution in [0.4, 0.5) is 10.6 Å². The summed E-state index contributed by atoms with van der Waals surface area (Å²) in [6.07, 6.45) is 2.69. The number of hydrogen-bond acceptors (Lipinski definition) is 4. The molecular weight excluding hydrogens is 198 g/mol. The summed E-state index contributed by atoms with van der Waals surface area (Å²) < 4.78 is 4.56. The highest BCUT2D eigenvalue weighted by Gasteiger charge is 2.10. The van der Waals surface area contributed by atoms with E-state index in [0.29, 0.717) is 12.2 Å². The molecule has 0 saturated carbocycles. The molecule has 0 spiro atoms. The Hall–Kier alpha value is -1.56. The highest BCUT2D eigenvalue weighted by atomic mass is 16.5. The Morgan fingerprint density at radius 3 is 3.07 bits per heavy atom. The highest BCUT2D eigenvalue weighted by Crippen LogP contribution is 2.02. The predicted molar refractivity (Wildman–Crippen MR) is 54.4 cm³/mol. The van der Waals surface area contributed by atoms with Gasteiger partial charge in [0.25, 0.3) is 0 Å². The molecule has 0 fully saturated rings. The number of anilines is 1. The zero-order chi connectivity index (χ0) is 11.1. The Balaban J connectivity index is 2.34. The Kier molecular flexibility index (Phi) is 4.62. The van der Waals surface area contributed by atoms with Crippen molar-refractivity contribution in [2.45, 2.75) is 25.8 Å². The molecule has 0 aliphatic carbocycles. The predicted octanol–water partition coefficient (Wildman–Crippen LogP) is 0.957. The van der Waals surface area contributed by atoms with E-state index in [-0.39, 0.29) is 18.7 Å². The molecule has 1 aromatic rings. The van der Waals surface area contributed by atoms with Gasteiger partial charge in [0, 0.05) is 18.7 Å². The minimum atomic E-state index is -0.343. The second-order valence-corrected chi connectivity index (χ2v) is 3.10. The molecule has 0 aromatic carbocycles. The summed E-state index contributed by atoms with van der Waals surface area (Å²) in [6, 6.07) is 1.18. The molecule has 1 rings (SSSR count). The van der Waals surface area contributed by atoms with Crippen LogP contribution in [0.2, 0.25) is 0 Å². The van der Waals surface area contributed by atoms with Crippen LogP contribution in [0.25, 0.3) is 0 Å². The maximum absolute atomic E-state index is 11.4. The van der Waals surface area contributed by atoms with E-state index in [1.54, 1.807) is 6.07 Å². The van der Waals surface area contributed by atoms with Crippen LogP contribution in [0.15, 0.2) is 16.9 Å². The largest absolute Gasteiger partial charge is 0.396 e.